The summed E-state index contributed by atoms with van der Waals surface area (Å²) in [6, 6.07) is 2.95. The Bertz CT molecular complexity index is 423. The molecule has 0 aliphatic carbocycles. The maximum atomic E-state index is 11.5. The molecule has 7 nitrogen and oxygen atoms in total. The smallest absolute Gasteiger partial charge is 0.343 e. The van der Waals surface area contributed by atoms with Crippen molar-refractivity contribution in [2.45, 2.75) is 25.4 Å². The van der Waals surface area contributed by atoms with Gasteiger partial charge in [-0.25, -0.2) is 10.3 Å². The van der Waals surface area contributed by atoms with Crippen LogP contribution >= 0.6 is 0 Å². The summed E-state index contributed by atoms with van der Waals surface area (Å²) in [6.07, 6.45) is 6.17. The van der Waals surface area contributed by atoms with Gasteiger partial charge in [-0.3, -0.25) is 9.82 Å². The van der Waals surface area contributed by atoms with Crippen LogP contribution in [0.15, 0.2) is 24.5 Å². The number of hydrogen-bond acceptors (Lipinski definition) is 5. The lowest BCUT2D eigenvalue weighted by atomic mass is 10.1. The van der Waals surface area contributed by atoms with Crippen molar-refractivity contribution in [2.24, 2.45) is 0 Å². The first-order valence-corrected chi connectivity index (χ1v) is 7.23. The Labute approximate surface area is 124 Å². The molecule has 2 rings (SSSR count). The van der Waals surface area contributed by atoms with Gasteiger partial charge < -0.3 is 15.3 Å². The number of amides is 2. The molecule has 1 aliphatic heterocycles. The molecule has 1 unspecified atom stereocenters. The second-order valence-electron chi connectivity index (χ2n) is 5.12. The molecule has 0 saturated carbocycles. The van der Waals surface area contributed by atoms with Crippen molar-refractivity contribution in [1.29, 1.82) is 0 Å². The fourth-order valence-electron chi connectivity index (χ4n) is 2.29. The minimum Gasteiger partial charge on any atom is -0.389 e. The monoisotopic (exact) mass is 294 g/mol. The molecule has 1 aromatic heterocycles. The molecule has 1 fully saturated rings. The molecule has 0 bridgehead atoms. The number of β-amino-alcohol motifs (C(OH)–C–C–N with tert-alkyl or cyclic N) is 1. The van der Waals surface area contributed by atoms with Crippen LogP contribution in [0.25, 0.3) is 0 Å². The molecular formula is C14H22N4O3. The molecule has 7 heteroatoms. The molecule has 21 heavy (non-hydrogen) atoms. The summed E-state index contributed by atoms with van der Waals surface area (Å²) in [4.78, 5) is 22.6. The van der Waals surface area contributed by atoms with Crippen LogP contribution in [0.5, 0.6) is 0 Å². The minimum absolute atomic E-state index is 0.0664. The van der Waals surface area contributed by atoms with E-state index in [2.05, 4.69) is 20.7 Å². The Morgan fingerprint density at radius 2 is 2.24 bits per heavy atom. The number of anilines is 1. The highest BCUT2D eigenvalue weighted by atomic mass is 16.7. The standard InChI is InChI=1S/C14H22N4O3/c19-13(10-18-7-2-1-3-8-18)11-21-17-14(20)16-12-5-4-6-15-9-12/h4-6,9,13,19H,1-3,7-8,10-11H2,(H2,16,17,20). The van der Waals surface area contributed by atoms with E-state index < -0.39 is 12.1 Å². The molecule has 116 valence electrons. The molecule has 0 radical (unpaired) electrons. The van der Waals surface area contributed by atoms with Crippen molar-refractivity contribution < 1.29 is 14.7 Å². The number of nitrogens with zero attached hydrogens (tertiary/aromatic N) is 2. The number of hydrogen-bond donors (Lipinski definition) is 3. The van der Waals surface area contributed by atoms with Gasteiger partial charge in [0, 0.05) is 12.7 Å². The largest absolute Gasteiger partial charge is 0.389 e. The summed E-state index contributed by atoms with van der Waals surface area (Å²) < 4.78 is 0. The van der Waals surface area contributed by atoms with Crippen LogP contribution in [0.2, 0.25) is 0 Å². The Morgan fingerprint density at radius 3 is 2.95 bits per heavy atom. The molecule has 2 amide bonds. The molecule has 3 N–H and O–H groups in total. The first-order valence-electron chi connectivity index (χ1n) is 7.23. The lowest BCUT2D eigenvalue weighted by Crippen LogP contribution is -2.40. The van der Waals surface area contributed by atoms with Crippen molar-refractivity contribution >= 4 is 11.7 Å². The zero-order valence-electron chi connectivity index (χ0n) is 12.0. The number of carbonyl (C=O) groups is 1. The lowest BCUT2D eigenvalue weighted by molar-refractivity contribution is -0.0156. The van der Waals surface area contributed by atoms with Gasteiger partial charge in [0.15, 0.2) is 0 Å². The fourth-order valence-corrected chi connectivity index (χ4v) is 2.29. The molecule has 1 aliphatic rings. The summed E-state index contributed by atoms with van der Waals surface area (Å²) in [6.45, 7) is 2.68. The first kappa shape index (κ1) is 15.7. The Morgan fingerprint density at radius 1 is 1.43 bits per heavy atom. The molecule has 1 aromatic rings. The summed E-state index contributed by atoms with van der Waals surface area (Å²) in [5, 5.41) is 12.4. The maximum Gasteiger partial charge on any atom is 0.343 e. The van der Waals surface area contributed by atoms with E-state index in [4.69, 9.17) is 4.84 Å². The van der Waals surface area contributed by atoms with Gasteiger partial charge in [-0.2, -0.15) is 0 Å². The van der Waals surface area contributed by atoms with Crippen molar-refractivity contribution in [1.82, 2.24) is 15.4 Å². The second-order valence-corrected chi connectivity index (χ2v) is 5.12. The first-order chi connectivity index (χ1) is 10.2. The van der Waals surface area contributed by atoms with Crippen molar-refractivity contribution in [3.8, 4) is 0 Å². The SMILES string of the molecule is O=C(NOCC(O)CN1CCCCC1)Nc1cccnc1. The second kappa shape index (κ2) is 8.56. The highest BCUT2D eigenvalue weighted by Crippen LogP contribution is 2.08. The number of aliphatic hydroxyl groups is 1. The van der Waals surface area contributed by atoms with Crippen LogP contribution in [0.3, 0.4) is 0 Å². The number of hydroxylamine groups is 1. The summed E-state index contributed by atoms with van der Waals surface area (Å²) in [5.41, 5.74) is 2.82. The minimum atomic E-state index is -0.609. The summed E-state index contributed by atoms with van der Waals surface area (Å²) in [7, 11) is 0. The van der Waals surface area contributed by atoms with Crippen molar-refractivity contribution in [3.05, 3.63) is 24.5 Å². The highest BCUT2D eigenvalue weighted by Gasteiger charge is 2.15. The predicted molar refractivity (Wildman–Crippen MR) is 78.6 cm³/mol. The summed E-state index contributed by atoms with van der Waals surface area (Å²) in [5.74, 6) is 0. The third kappa shape index (κ3) is 6.07. The van der Waals surface area contributed by atoms with Gasteiger partial charge in [0.2, 0.25) is 0 Å². The molecule has 0 spiro atoms. The van der Waals surface area contributed by atoms with E-state index in [-0.39, 0.29) is 6.61 Å². The van der Waals surface area contributed by atoms with E-state index >= 15 is 0 Å². The normalized spacial score (nSPS) is 17.2. The van der Waals surface area contributed by atoms with Gasteiger partial charge in [-0.1, -0.05) is 6.42 Å². The zero-order valence-corrected chi connectivity index (χ0v) is 12.0. The molecule has 2 heterocycles. The van der Waals surface area contributed by atoms with Crippen molar-refractivity contribution in [2.75, 3.05) is 31.6 Å². The number of pyridine rings is 1. The van der Waals surface area contributed by atoms with Crippen LogP contribution in [0.1, 0.15) is 19.3 Å². The number of piperidine rings is 1. The number of likely N-dealkylation sites (tertiary alicyclic amines) is 1. The number of aliphatic hydroxyl groups excluding tert-OH is 1. The van der Waals surface area contributed by atoms with E-state index in [0.717, 1.165) is 13.1 Å². The number of aromatic nitrogens is 1. The predicted octanol–water partition coefficient (Wildman–Crippen LogP) is 0.981. The topological polar surface area (TPSA) is 86.7 Å². The molecular weight excluding hydrogens is 272 g/mol. The van der Waals surface area contributed by atoms with Crippen molar-refractivity contribution in [3.63, 3.8) is 0 Å². The van der Waals surface area contributed by atoms with E-state index in [1.807, 2.05) is 0 Å². The molecule has 1 atom stereocenters. The quantitative estimate of drug-likeness (QED) is 0.681. The molecule has 1 saturated heterocycles. The van der Waals surface area contributed by atoms with Crippen LogP contribution in [0.4, 0.5) is 10.5 Å². The van der Waals surface area contributed by atoms with Crippen LogP contribution in [-0.4, -0.2) is 53.4 Å². The third-order valence-corrected chi connectivity index (χ3v) is 3.28. The van der Waals surface area contributed by atoms with Gasteiger partial charge >= 0.3 is 6.03 Å². The van der Waals surface area contributed by atoms with E-state index in [1.54, 1.807) is 18.3 Å². The Balaban J connectivity index is 1.58. The fraction of sp³-hybridized carbons (Fsp3) is 0.571. The van der Waals surface area contributed by atoms with Gasteiger partial charge in [0.25, 0.3) is 0 Å². The average Bonchev–Trinajstić information content (AvgIpc) is 2.49. The number of urea groups is 1. The third-order valence-electron chi connectivity index (χ3n) is 3.28. The van der Waals surface area contributed by atoms with Gasteiger partial charge in [0.1, 0.15) is 6.61 Å². The van der Waals surface area contributed by atoms with Gasteiger partial charge in [0.05, 0.1) is 18.0 Å². The Kier molecular flexibility index (Phi) is 6.39. The Hall–Kier alpha value is -1.70. The maximum absolute atomic E-state index is 11.5. The van der Waals surface area contributed by atoms with Crippen LogP contribution < -0.4 is 10.8 Å². The van der Waals surface area contributed by atoms with Crippen LogP contribution in [-0.2, 0) is 4.84 Å². The number of rotatable bonds is 6. The highest BCUT2D eigenvalue weighted by molar-refractivity contribution is 5.88. The van der Waals surface area contributed by atoms with Crippen LogP contribution in [0, 0.1) is 0 Å². The number of nitrogens with one attached hydrogen (secondary N) is 2. The number of carbonyl (C=O) groups excluding carboxylic acids is 1. The summed E-state index contributed by atoms with van der Waals surface area (Å²) >= 11 is 0. The van der Waals surface area contributed by atoms with Gasteiger partial charge in [-0.05, 0) is 38.1 Å². The van der Waals surface area contributed by atoms with E-state index in [1.165, 1.54) is 25.5 Å². The lowest BCUT2D eigenvalue weighted by Gasteiger charge is -2.28. The van der Waals surface area contributed by atoms with E-state index in [9.17, 15) is 9.90 Å². The zero-order chi connectivity index (χ0) is 14.9. The average molecular weight is 294 g/mol. The van der Waals surface area contributed by atoms with Gasteiger partial charge in [-0.15, -0.1) is 0 Å². The van der Waals surface area contributed by atoms with E-state index in [0.29, 0.717) is 12.2 Å². The molecule has 0 aromatic carbocycles.